The summed E-state index contributed by atoms with van der Waals surface area (Å²) in [7, 11) is 1.68. The molecule has 1 aromatic rings. The summed E-state index contributed by atoms with van der Waals surface area (Å²) in [6.45, 7) is 7.71. The fourth-order valence-electron chi connectivity index (χ4n) is 2.23. The molecule has 138 valence electrons. The van der Waals surface area contributed by atoms with Crippen molar-refractivity contribution in [1.82, 2.24) is 15.5 Å². The minimum Gasteiger partial charge on any atom is -0.353 e. The van der Waals surface area contributed by atoms with Crippen LogP contribution in [-0.2, 0) is 14.4 Å². The van der Waals surface area contributed by atoms with Gasteiger partial charge in [0.25, 0.3) is 0 Å². The Bertz CT molecular complexity index is 629. The van der Waals surface area contributed by atoms with E-state index in [1.54, 1.807) is 11.9 Å². The Balaban J connectivity index is 2.37. The summed E-state index contributed by atoms with van der Waals surface area (Å²) in [6.07, 6.45) is 0. The number of nitrogens with one attached hydrogen (secondary N) is 3. The molecule has 0 radical (unpaired) electrons. The molecule has 0 aliphatic heterocycles. The smallest absolute Gasteiger partial charge is 0.243 e. The molecule has 0 aliphatic rings. The van der Waals surface area contributed by atoms with E-state index in [1.807, 2.05) is 45.9 Å². The first-order valence-corrected chi connectivity index (χ1v) is 8.29. The van der Waals surface area contributed by atoms with Crippen LogP contribution in [0.4, 0.5) is 5.69 Å². The van der Waals surface area contributed by atoms with Crippen molar-refractivity contribution in [2.24, 2.45) is 0 Å². The van der Waals surface area contributed by atoms with E-state index in [-0.39, 0.29) is 43.4 Å². The Morgan fingerprint density at radius 3 is 2.32 bits per heavy atom. The summed E-state index contributed by atoms with van der Waals surface area (Å²) in [5.41, 5.74) is 2.82. The molecule has 0 saturated heterocycles. The van der Waals surface area contributed by atoms with E-state index >= 15 is 0 Å². The number of anilines is 1. The molecule has 7 heteroatoms. The Kier molecular flexibility index (Phi) is 8.07. The van der Waals surface area contributed by atoms with E-state index in [0.29, 0.717) is 0 Å². The van der Waals surface area contributed by atoms with E-state index in [2.05, 4.69) is 16.0 Å². The lowest BCUT2D eigenvalue weighted by Gasteiger charge is -2.17. The maximum absolute atomic E-state index is 12.0. The van der Waals surface area contributed by atoms with E-state index in [1.165, 1.54) is 0 Å². The van der Waals surface area contributed by atoms with Gasteiger partial charge in [0, 0.05) is 11.7 Å². The van der Waals surface area contributed by atoms with Gasteiger partial charge in [0.2, 0.25) is 17.7 Å². The second-order valence-corrected chi connectivity index (χ2v) is 6.47. The molecule has 0 heterocycles. The molecule has 1 aromatic carbocycles. The predicted octanol–water partition coefficient (Wildman–Crippen LogP) is 0.815. The molecular formula is C18H28N4O3. The summed E-state index contributed by atoms with van der Waals surface area (Å²) in [5, 5.41) is 8.10. The number of likely N-dealkylation sites (N-methyl/N-ethyl adjacent to an activating group) is 1. The van der Waals surface area contributed by atoms with Gasteiger partial charge < -0.3 is 16.0 Å². The molecule has 3 amide bonds. The third-order valence-corrected chi connectivity index (χ3v) is 3.60. The second kappa shape index (κ2) is 9.78. The first-order valence-electron chi connectivity index (χ1n) is 8.29. The summed E-state index contributed by atoms with van der Waals surface area (Å²) < 4.78 is 0. The van der Waals surface area contributed by atoms with Gasteiger partial charge in [-0.25, -0.2) is 0 Å². The van der Waals surface area contributed by atoms with Crippen LogP contribution in [0.2, 0.25) is 0 Å². The number of rotatable bonds is 8. The molecular weight excluding hydrogens is 320 g/mol. The number of carbonyl (C=O) groups excluding carboxylic acids is 3. The highest BCUT2D eigenvalue weighted by Gasteiger charge is 2.12. The topological polar surface area (TPSA) is 90.5 Å². The number of benzene rings is 1. The summed E-state index contributed by atoms with van der Waals surface area (Å²) in [6, 6.07) is 5.72. The van der Waals surface area contributed by atoms with Crippen LogP contribution in [0.15, 0.2) is 18.2 Å². The van der Waals surface area contributed by atoms with Gasteiger partial charge in [-0.05, 0) is 51.9 Å². The van der Waals surface area contributed by atoms with E-state index in [9.17, 15) is 14.4 Å². The van der Waals surface area contributed by atoms with Crippen molar-refractivity contribution >= 4 is 23.4 Å². The number of amides is 3. The lowest BCUT2D eigenvalue weighted by Crippen LogP contribution is -2.43. The molecule has 0 saturated carbocycles. The van der Waals surface area contributed by atoms with Gasteiger partial charge in [0.15, 0.2) is 0 Å². The average Bonchev–Trinajstić information content (AvgIpc) is 2.48. The van der Waals surface area contributed by atoms with E-state index in [4.69, 9.17) is 0 Å². The molecule has 3 N–H and O–H groups in total. The van der Waals surface area contributed by atoms with Crippen molar-refractivity contribution in [3.05, 3.63) is 29.3 Å². The molecule has 0 aliphatic carbocycles. The maximum Gasteiger partial charge on any atom is 0.243 e. The SMILES string of the molecule is Cc1cccc(NC(=O)CNC(=O)CN(C)CC(=O)NC(C)C)c1C. The van der Waals surface area contributed by atoms with Gasteiger partial charge in [0.05, 0.1) is 19.6 Å². The minimum absolute atomic E-state index is 0.0439. The van der Waals surface area contributed by atoms with Crippen molar-refractivity contribution in [1.29, 1.82) is 0 Å². The summed E-state index contributed by atoms with van der Waals surface area (Å²) >= 11 is 0. The van der Waals surface area contributed by atoms with Crippen LogP contribution in [-0.4, -0.2) is 55.3 Å². The molecule has 0 unspecified atom stereocenters. The minimum atomic E-state index is -0.309. The Morgan fingerprint density at radius 1 is 1.04 bits per heavy atom. The van der Waals surface area contributed by atoms with Gasteiger partial charge in [-0.15, -0.1) is 0 Å². The van der Waals surface area contributed by atoms with Crippen molar-refractivity contribution in [3.8, 4) is 0 Å². The largest absolute Gasteiger partial charge is 0.353 e. The third-order valence-electron chi connectivity index (χ3n) is 3.60. The molecule has 0 spiro atoms. The molecule has 0 atom stereocenters. The Labute approximate surface area is 149 Å². The Hall–Kier alpha value is -2.41. The first-order chi connectivity index (χ1) is 11.7. The Morgan fingerprint density at radius 2 is 1.68 bits per heavy atom. The van der Waals surface area contributed by atoms with Crippen LogP contribution in [0.5, 0.6) is 0 Å². The number of aryl methyl sites for hydroxylation is 1. The van der Waals surface area contributed by atoms with E-state index < -0.39 is 0 Å². The lowest BCUT2D eigenvalue weighted by atomic mass is 10.1. The number of hydrogen-bond acceptors (Lipinski definition) is 4. The lowest BCUT2D eigenvalue weighted by molar-refractivity contribution is -0.126. The standard InChI is InChI=1S/C18H28N4O3/c1-12(2)20-18(25)11-22(5)10-17(24)19-9-16(23)21-15-8-6-7-13(3)14(15)4/h6-8,12H,9-11H2,1-5H3,(H,19,24)(H,20,25)(H,21,23). The van der Waals surface area contributed by atoms with Crippen molar-refractivity contribution < 1.29 is 14.4 Å². The zero-order valence-electron chi connectivity index (χ0n) is 15.6. The molecule has 0 fully saturated rings. The highest BCUT2D eigenvalue weighted by Crippen LogP contribution is 2.17. The number of carbonyl (C=O) groups is 3. The van der Waals surface area contributed by atoms with Crippen LogP contribution < -0.4 is 16.0 Å². The third kappa shape index (κ3) is 7.80. The van der Waals surface area contributed by atoms with Gasteiger partial charge in [-0.2, -0.15) is 0 Å². The number of hydrogen-bond donors (Lipinski definition) is 3. The van der Waals surface area contributed by atoms with Gasteiger partial charge >= 0.3 is 0 Å². The summed E-state index contributed by atoms with van der Waals surface area (Å²) in [5.74, 6) is -0.740. The van der Waals surface area contributed by atoms with Crippen LogP contribution in [0, 0.1) is 13.8 Å². The second-order valence-electron chi connectivity index (χ2n) is 6.47. The monoisotopic (exact) mass is 348 g/mol. The first kappa shape index (κ1) is 20.6. The van der Waals surface area contributed by atoms with Crippen LogP contribution >= 0.6 is 0 Å². The molecule has 0 aromatic heterocycles. The fraction of sp³-hybridized carbons (Fsp3) is 0.500. The van der Waals surface area contributed by atoms with Gasteiger partial charge in [-0.3, -0.25) is 19.3 Å². The predicted molar refractivity (Wildman–Crippen MR) is 98.3 cm³/mol. The van der Waals surface area contributed by atoms with Gasteiger partial charge in [0.1, 0.15) is 0 Å². The fourth-order valence-corrected chi connectivity index (χ4v) is 2.23. The number of nitrogens with zero attached hydrogens (tertiary/aromatic N) is 1. The van der Waals surface area contributed by atoms with Crippen molar-refractivity contribution in [3.63, 3.8) is 0 Å². The molecule has 25 heavy (non-hydrogen) atoms. The van der Waals surface area contributed by atoms with Crippen molar-refractivity contribution in [2.75, 3.05) is 32.0 Å². The van der Waals surface area contributed by atoms with Crippen LogP contribution in [0.25, 0.3) is 0 Å². The van der Waals surface area contributed by atoms with E-state index in [0.717, 1.165) is 16.8 Å². The summed E-state index contributed by atoms with van der Waals surface area (Å²) in [4.78, 5) is 37.1. The highest BCUT2D eigenvalue weighted by molar-refractivity contribution is 5.95. The average molecular weight is 348 g/mol. The molecule has 1 rings (SSSR count). The molecule has 7 nitrogen and oxygen atoms in total. The highest BCUT2D eigenvalue weighted by atomic mass is 16.2. The molecule has 0 bridgehead atoms. The maximum atomic E-state index is 12.0. The quantitative estimate of drug-likeness (QED) is 0.649. The zero-order chi connectivity index (χ0) is 19.0. The normalized spacial score (nSPS) is 10.7. The zero-order valence-corrected chi connectivity index (χ0v) is 15.6. The van der Waals surface area contributed by atoms with Crippen LogP contribution in [0.1, 0.15) is 25.0 Å². The van der Waals surface area contributed by atoms with Gasteiger partial charge in [-0.1, -0.05) is 12.1 Å². The van der Waals surface area contributed by atoms with Crippen molar-refractivity contribution in [2.45, 2.75) is 33.7 Å². The van der Waals surface area contributed by atoms with Crippen LogP contribution in [0.3, 0.4) is 0 Å².